The van der Waals surface area contributed by atoms with Gasteiger partial charge in [0.05, 0.1) is 5.69 Å². The lowest BCUT2D eigenvalue weighted by Crippen LogP contribution is -2.14. The summed E-state index contributed by atoms with van der Waals surface area (Å²) in [5, 5.41) is 8.84. The Morgan fingerprint density at radius 2 is 1.68 bits per heavy atom. The minimum atomic E-state index is -0.300. The van der Waals surface area contributed by atoms with Crippen LogP contribution in [0.25, 0.3) is 11.3 Å². The first kappa shape index (κ1) is 25.2. The number of pyridine rings is 1. The molecule has 4 aromatic rings. The summed E-state index contributed by atoms with van der Waals surface area (Å²) < 4.78 is 0. The number of hydrogen-bond donors (Lipinski definition) is 3. The van der Waals surface area contributed by atoms with Gasteiger partial charge in [-0.05, 0) is 68.7 Å². The number of anilines is 4. The van der Waals surface area contributed by atoms with Crippen LogP contribution in [0, 0.1) is 0 Å². The summed E-state index contributed by atoms with van der Waals surface area (Å²) in [6, 6.07) is 19.6. The second kappa shape index (κ2) is 12.2. The molecule has 0 radical (unpaired) electrons. The summed E-state index contributed by atoms with van der Waals surface area (Å²) >= 11 is 0. The fourth-order valence-electron chi connectivity index (χ4n) is 3.39. The summed E-state index contributed by atoms with van der Waals surface area (Å²) in [5.74, 6) is -0.132. The molecular formula is C28H27N7O2. The lowest BCUT2D eigenvalue weighted by Gasteiger charge is -2.10. The number of carbonyl (C=O) groups is 2. The number of rotatable bonds is 9. The van der Waals surface area contributed by atoms with Crippen LogP contribution >= 0.6 is 0 Å². The van der Waals surface area contributed by atoms with E-state index in [2.05, 4.69) is 30.9 Å². The Morgan fingerprint density at radius 3 is 2.46 bits per heavy atom. The van der Waals surface area contributed by atoms with Gasteiger partial charge in [0.25, 0.3) is 5.91 Å². The molecule has 0 unspecified atom stereocenters. The van der Waals surface area contributed by atoms with Gasteiger partial charge in [0.2, 0.25) is 11.9 Å². The number of benzene rings is 2. The monoisotopic (exact) mass is 493 g/mol. The van der Waals surface area contributed by atoms with Crippen LogP contribution in [-0.4, -0.2) is 52.3 Å². The molecule has 0 aliphatic heterocycles. The third-order valence-electron chi connectivity index (χ3n) is 5.12. The fourth-order valence-corrected chi connectivity index (χ4v) is 3.39. The number of aromatic nitrogens is 3. The predicted molar refractivity (Wildman–Crippen MR) is 146 cm³/mol. The van der Waals surface area contributed by atoms with Gasteiger partial charge in [0.15, 0.2) is 0 Å². The van der Waals surface area contributed by atoms with Crippen LogP contribution in [0.5, 0.6) is 0 Å². The van der Waals surface area contributed by atoms with Crippen LogP contribution < -0.4 is 16.0 Å². The van der Waals surface area contributed by atoms with E-state index in [4.69, 9.17) is 0 Å². The van der Waals surface area contributed by atoms with E-state index in [0.717, 1.165) is 11.3 Å². The van der Waals surface area contributed by atoms with Crippen molar-refractivity contribution in [1.29, 1.82) is 0 Å². The van der Waals surface area contributed by atoms with Gasteiger partial charge in [0.1, 0.15) is 0 Å². The molecule has 37 heavy (non-hydrogen) atoms. The van der Waals surface area contributed by atoms with Gasteiger partial charge < -0.3 is 20.9 Å². The summed E-state index contributed by atoms with van der Waals surface area (Å²) in [6.07, 6.45) is 8.37. The van der Waals surface area contributed by atoms with E-state index in [9.17, 15) is 9.59 Å². The molecule has 2 heterocycles. The molecule has 0 spiro atoms. The van der Waals surface area contributed by atoms with Crippen molar-refractivity contribution in [2.24, 2.45) is 0 Å². The number of carbonyl (C=O) groups excluding carboxylic acids is 2. The standard InChI is InChI=1S/C28H27N7O2/c1-35(2)16-6-12-26(36)31-22-9-3-7-20(17-22)27(37)32-23-10-4-11-24(18-23)33-28-30-15-13-25(34-28)21-8-5-14-29-19-21/h3-15,17-19H,16H2,1-2H3,(H,31,36)(H,32,37)(H,30,33,34)/b12-6+. The van der Waals surface area contributed by atoms with Crippen molar-refractivity contribution in [3.05, 3.63) is 103 Å². The molecule has 3 N–H and O–H groups in total. The number of likely N-dealkylation sites (N-methyl/N-ethyl adjacent to an activating group) is 1. The first-order valence-electron chi connectivity index (χ1n) is 11.6. The first-order chi connectivity index (χ1) is 18.0. The van der Waals surface area contributed by atoms with Gasteiger partial charge in [-0.2, -0.15) is 0 Å². The molecule has 2 aromatic carbocycles. The van der Waals surface area contributed by atoms with Gasteiger partial charge in [-0.1, -0.05) is 18.2 Å². The predicted octanol–water partition coefficient (Wildman–Crippen LogP) is 4.59. The summed E-state index contributed by atoms with van der Waals surface area (Å²) in [7, 11) is 3.84. The average molecular weight is 494 g/mol. The Morgan fingerprint density at radius 1 is 0.892 bits per heavy atom. The highest BCUT2D eigenvalue weighted by Crippen LogP contribution is 2.21. The van der Waals surface area contributed by atoms with Gasteiger partial charge in [-0.3, -0.25) is 14.6 Å². The molecule has 0 aliphatic rings. The van der Waals surface area contributed by atoms with Crippen molar-refractivity contribution in [2.45, 2.75) is 0 Å². The van der Waals surface area contributed by atoms with Crippen LogP contribution in [0.2, 0.25) is 0 Å². The zero-order valence-corrected chi connectivity index (χ0v) is 20.6. The molecule has 0 saturated carbocycles. The molecule has 9 nitrogen and oxygen atoms in total. The lowest BCUT2D eigenvalue weighted by molar-refractivity contribution is -0.111. The zero-order valence-electron chi connectivity index (χ0n) is 20.6. The van der Waals surface area contributed by atoms with Crippen molar-refractivity contribution in [3.8, 4) is 11.3 Å². The van der Waals surface area contributed by atoms with E-state index in [1.807, 2.05) is 49.3 Å². The smallest absolute Gasteiger partial charge is 0.255 e. The summed E-state index contributed by atoms with van der Waals surface area (Å²) in [4.78, 5) is 39.9. The molecule has 186 valence electrons. The molecule has 0 bridgehead atoms. The second-order valence-electron chi connectivity index (χ2n) is 8.40. The molecule has 9 heteroatoms. The maximum Gasteiger partial charge on any atom is 0.255 e. The van der Waals surface area contributed by atoms with Gasteiger partial charge in [-0.25, -0.2) is 9.97 Å². The molecule has 0 saturated heterocycles. The van der Waals surface area contributed by atoms with Crippen LogP contribution in [0.1, 0.15) is 10.4 Å². The van der Waals surface area contributed by atoms with Crippen molar-refractivity contribution >= 4 is 34.8 Å². The highest BCUT2D eigenvalue weighted by Gasteiger charge is 2.09. The van der Waals surface area contributed by atoms with Crippen molar-refractivity contribution in [1.82, 2.24) is 19.9 Å². The van der Waals surface area contributed by atoms with Crippen molar-refractivity contribution in [2.75, 3.05) is 36.6 Å². The number of nitrogens with one attached hydrogen (secondary N) is 3. The number of nitrogens with zero attached hydrogens (tertiary/aromatic N) is 4. The highest BCUT2D eigenvalue weighted by molar-refractivity contribution is 6.06. The number of amides is 2. The largest absolute Gasteiger partial charge is 0.324 e. The zero-order chi connectivity index (χ0) is 26.0. The Bertz CT molecular complexity index is 1400. The molecule has 0 atom stereocenters. The molecular weight excluding hydrogens is 466 g/mol. The van der Waals surface area contributed by atoms with Crippen LogP contribution in [0.3, 0.4) is 0 Å². The third-order valence-corrected chi connectivity index (χ3v) is 5.12. The molecule has 4 rings (SSSR count). The molecule has 0 fully saturated rings. The van der Waals surface area contributed by atoms with E-state index < -0.39 is 0 Å². The van der Waals surface area contributed by atoms with E-state index in [1.54, 1.807) is 61.1 Å². The molecule has 2 amide bonds. The SMILES string of the molecule is CN(C)C/C=C/C(=O)Nc1cccc(C(=O)Nc2cccc(Nc3nccc(-c4cccnc4)n3)c2)c1. The maximum atomic E-state index is 12.9. The van der Waals surface area contributed by atoms with Crippen LogP contribution in [0.15, 0.2) is 97.5 Å². The first-order valence-corrected chi connectivity index (χ1v) is 11.6. The number of hydrogen-bond acceptors (Lipinski definition) is 7. The molecule has 2 aromatic heterocycles. The normalized spacial score (nSPS) is 10.9. The van der Waals surface area contributed by atoms with E-state index in [0.29, 0.717) is 35.1 Å². The minimum Gasteiger partial charge on any atom is -0.324 e. The van der Waals surface area contributed by atoms with Crippen LogP contribution in [-0.2, 0) is 4.79 Å². The lowest BCUT2D eigenvalue weighted by atomic mass is 10.1. The van der Waals surface area contributed by atoms with Gasteiger partial charge in [-0.15, -0.1) is 0 Å². The van der Waals surface area contributed by atoms with Gasteiger partial charge >= 0.3 is 0 Å². The van der Waals surface area contributed by atoms with Crippen LogP contribution in [0.4, 0.5) is 23.0 Å². The third kappa shape index (κ3) is 7.55. The summed E-state index contributed by atoms with van der Waals surface area (Å²) in [5.41, 5.74) is 3.90. The topological polar surface area (TPSA) is 112 Å². The Labute approximate surface area is 215 Å². The Balaban J connectivity index is 1.40. The van der Waals surface area contributed by atoms with E-state index in [-0.39, 0.29) is 11.8 Å². The Kier molecular flexibility index (Phi) is 8.30. The quantitative estimate of drug-likeness (QED) is 0.292. The second-order valence-corrected chi connectivity index (χ2v) is 8.40. The van der Waals surface area contributed by atoms with Gasteiger partial charge in [0, 0.05) is 59.4 Å². The average Bonchev–Trinajstić information content (AvgIpc) is 2.89. The molecule has 0 aliphatic carbocycles. The fraction of sp³-hybridized carbons (Fsp3) is 0.107. The van der Waals surface area contributed by atoms with Crippen molar-refractivity contribution < 1.29 is 9.59 Å². The minimum absolute atomic E-state index is 0.256. The van der Waals surface area contributed by atoms with Crippen molar-refractivity contribution in [3.63, 3.8) is 0 Å². The summed E-state index contributed by atoms with van der Waals surface area (Å²) in [6.45, 7) is 0.659. The van der Waals surface area contributed by atoms with E-state index in [1.165, 1.54) is 6.08 Å². The Hall–Kier alpha value is -4.89. The van der Waals surface area contributed by atoms with E-state index >= 15 is 0 Å². The maximum absolute atomic E-state index is 12.9. The highest BCUT2D eigenvalue weighted by atomic mass is 16.2.